The van der Waals surface area contributed by atoms with Gasteiger partial charge < -0.3 is 5.32 Å². The predicted octanol–water partition coefficient (Wildman–Crippen LogP) is 5.28. The van der Waals surface area contributed by atoms with Gasteiger partial charge in [-0.25, -0.2) is 13.1 Å². The van der Waals surface area contributed by atoms with Crippen LogP contribution in [-0.4, -0.2) is 20.4 Å². The lowest BCUT2D eigenvalue weighted by atomic mass is 9.84. The van der Waals surface area contributed by atoms with Gasteiger partial charge in [-0.05, 0) is 85.9 Å². The van der Waals surface area contributed by atoms with E-state index in [4.69, 9.17) is 23.2 Å². The van der Waals surface area contributed by atoms with Crippen molar-refractivity contribution in [2.24, 2.45) is 17.8 Å². The van der Waals surface area contributed by atoms with Crippen molar-refractivity contribution in [3.05, 3.63) is 58.1 Å². The quantitative estimate of drug-likeness (QED) is 0.565. The molecular formula is C23H26Cl2N2O3S. The Labute approximate surface area is 193 Å². The molecule has 0 aromatic heterocycles. The number of nitrogens with one attached hydrogen (secondary N) is 2. The Morgan fingerprint density at radius 3 is 2.45 bits per heavy atom. The number of benzene rings is 2. The van der Waals surface area contributed by atoms with E-state index in [2.05, 4.69) is 10.0 Å². The number of hydrogen-bond donors (Lipinski definition) is 2. The van der Waals surface area contributed by atoms with Crippen LogP contribution in [0.5, 0.6) is 0 Å². The molecule has 4 atom stereocenters. The minimum atomic E-state index is -3.61. The third-order valence-electron chi connectivity index (χ3n) is 6.59. The van der Waals surface area contributed by atoms with Crippen molar-refractivity contribution in [3.8, 4) is 0 Å². The van der Waals surface area contributed by atoms with Crippen LogP contribution in [0.2, 0.25) is 10.0 Å². The Hall–Kier alpha value is -1.60. The first-order chi connectivity index (χ1) is 14.7. The molecule has 8 heteroatoms. The predicted molar refractivity (Wildman–Crippen MR) is 124 cm³/mol. The number of halogens is 2. The minimum absolute atomic E-state index is 0.0798. The summed E-state index contributed by atoms with van der Waals surface area (Å²) in [5.41, 5.74) is 1.19. The summed E-state index contributed by atoms with van der Waals surface area (Å²) in [5, 5.41) is 3.71. The first kappa shape index (κ1) is 22.6. The maximum Gasteiger partial charge on any atom is 0.240 e. The molecule has 2 fully saturated rings. The number of anilines is 1. The van der Waals surface area contributed by atoms with Gasteiger partial charge in [0.1, 0.15) is 0 Å². The SMILES string of the molecule is C[C@H](NS(=O)(=O)c1ccc(NC(=O)Cc2ccc(Cl)cc2Cl)cc1)[C@@H]1C[C@H]2CC[C@H]1C2. The number of sulfonamides is 1. The highest BCUT2D eigenvalue weighted by molar-refractivity contribution is 7.89. The number of carbonyl (C=O) groups excluding carboxylic acids is 1. The van der Waals surface area contributed by atoms with E-state index in [0.29, 0.717) is 33.1 Å². The van der Waals surface area contributed by atoms with Crippen LogP contribution in [-0.2, 0) is 21.2 Å². The number of fused-ring (bicyclic) bond motifs is 2. The van der Waals surface area contributed by atoms with Crippen LogP contribution >= 0.6 is 23.2 Å². The van der Waals surface area contributed by atoms with Crippen molar-refractivity contribution < 1.29 is 13.2 Å². The first-order valence-electron chi connectivity index (χ1n) is 10.6. The van der Waals surface area contributed by atoms with E-state index >= 15 is 0 Å². The summed E-state index contributed by atoms with van der Waals surface area (Å²) in [6.45, 7) is 1.97. The summed E-state index contributed by atoms with van der Waals surface area (Å²) in [6.07, 6.45) is 4.97. The standard InChI is InChI=1S/C23H26Cl2N2O3S/c1-14(21-11-15-2-3-16(21)10-15)27-31(29,30)20-8-6-19(7-9-20)26-23(28)12-17-4-5-18(24)13-22(17)25/h4-9,13-16,21,27H,2-3,10-12H2,1H3,(H,26,28)/t14-,15-,16-,21-/m0/s1. The van der Waals surface area contributed by atoms with Crippen LogP contribution in [0.3, 0.4) is 0 Å². The van der Waals surface area contributed by atoms with Gasteiger partial charge in [0.05, 0.1) is 11.3 Å². The van der Waals surface area contributed by atoms with Gasteiger partial charge in [-0.3, -0.25) is 4.79 Å². The molecule has 166 valence electrons. The molecule has 2 aliphatic carbocycles. The monoisotopic (exact) mass is 480 g/mol. The smallest absolute Gasteiger partial charge is 0.240 e. The summed E-state index contributed by atoms with van der Waals surface area (Å²) in [7, 11) is -3.61. The van der Waals surface area contributed by atoms with Crippen molar-refractivity contribution in [1.29, 1.82) is 0 Å². The van der Waals surface area contributed by atoms with E-state index in [1.165, 1.54) is 31.4 Å². The van der Waals surface area contributed by atoms with E-state index in [1.807, 2.05) is 6.92 Å². The Bertz CT molecular complexity index is 1070. The number of rotatable bonds is 7. The Morgan fingerprint density at radius 1 is 1.10 bits per heavy atom. The maximum absolute atomic E-state index is 12.8. The van der Waals surface area contributed by atoms with Gasteiger partial charge in [0.2, 0.25) is 15.9 Å². The van der Waals surface area contributed by atoms with E-state index in [0.717, 1.165) is 12.3 Å². The molecule has 1 amide bonds. The molecule has 2 saturated carbocycles. The highest BCUT2D eigenvalue weighted by atomic mass is 35.5. The molecule has 2 aromatic rings. The maximum atomic E-state index is 12.8. The Kier molecular flexibility index (Phi) is 6.63. The molecule has 2 aliphatic rings. The molecule has 0 radical (unpaired) electrons. The molecule has 2 aromatic carbocycles. The zero-order chi connectivity index (χ0) is 22.2. The second-order valence-electron chi connectivity index (χ2n) is 8.73. The van der Waals surface area contributed by atoms with Crippen LogP contribution in [0.1, 0.15) is 38.2 Å². The van der Waals surface area contributed by atoms with Gasteiger partial charge in [-0.1, -0.05) is 35.7 Å². The van der Waals surface area contributed by atoms with Crippen molar-refractivity contribution in [2.45, 2.75) is 50.0 Å². The molecule has 2 N–H and O–H groups in total. The topological polar surface area (TPSA) is 75.3 Å². The molecular weight excluding hydrogens is 455 g/mol. The molecule has 0 heterocycles. The third kappa shape index (κ3) is 5.25. The van der Waals surface area contributed by atoms with E-state index in [9.17, 15) is 13.2 Å². The first-order valence-corrected chi connectivity index (χ1v) is 12.8. The molecule has 0 saturated heterocycles. The van der Waals surface area contributed by atoms with E-state index in [-0.39, 0.29) is 23.3 Å². The highest BCUT2D eigenvalue weighted by Crippen LogP contribution is 2.49. The van der Waals surface area contributed by atoms with E-state index in [1.54, 1.807) is 30.3 Å². The number of amides is 1. The van der Waals surface area contributed by atoms with Gasteiger partial charge in [-0.2, -0.15) is 0 Å². The van der Waals surface area contributed by atoms with Crippen molar-refractivity contribution >= 4 is 44.8 Å². The van der Waals surface area contributed by atoms with Gasteiger partial charge >= 0.3 is 0 Å². The average molecular weight is 481 g/mol. The second-order valence-corrected chi connectivity index (χ2v) is 11.3. The summed E-state index contributed by atoms with van der Waals surface area (Å²) in [5.74, 6) is 1.59. The van der Waals surface area contributed by atoms with Crippen molar-refractivity contribution in [1.82, 2.24) is 4.72 Å². The molecule has 4 rings (SSSR count). The normalized spacial score (nSPS) is 23.6. The highest BCUT2D eigenvalue weighted by Gasteiger charge is 2.42. The molecule has 31 heavy (non-hydrogen) atoms. The fourth-order valence-electron chi connectivity index (χ4n) is 5.07. The fraction of sp³-hybridized carbons (Fsp3) is 0.435. The zero-order valence-corrected chi connectivity index (χ0v) is 19.6. The van der Waals surface area contributed by atoms with Crippen LogP contribution in [0.4, 0.5) is 5.69 Å². The van der Waals surface area contributed by atoms with Gasteiger partial charge in [-0.15, -0.1) is 0 Å². The fourth-order valence-corrected chi connectivity index (χ4v) is 6.84. The largest absolute Gasteiger partial charge is 0.326 e. The molecule has 2 bridgehead atoms. The van der Waals surface area contributed by atoms with Crippen LogP contribution in [0.15, 0.2) is 47.4 Å². The lowest BCUT2D eigenvalue weighted by molar-refractivity contribution is -0.115. The van der Waals surface area contributed by atoms with E-state index < -0.39 is 10.0 Å². The lowest BCUT2D eigenvalue weighted by Crippen LogP contribution is -2.40. The summed E-state index contributed by atoms with van der Waals surface area (Å²) in [4.78, 5) is 12.5. The van der Waals surface area contributed by atoms with Crippen molar-refractivity contribution in [2.75, 3.05) is 5.32 Å². The zero-order valence-electron chi connectivity index (χ0n) is 17.3. The minimum Gasteiger partial charge on any atom is -0.326 e. The Morgan fingerprint density at radius 2 is 1.84 bits per heavy atom. The number of hydrogen-bond acceptors (Lipinski definition) is 3. The van der Waals surface area contributed by atoms with Crippen LogP contribution in [0, 0.1) is 17.8 Å². The summed E-state index contributed by atoms with van der Waals surface area (Å²) in [6, 6.07) is 11.1. The number of carbonyl (C=O) groups is 1. The Balaban J connectivity index is 1.36. The van der Waals surface area contributed by atoms with Crippen LogP contribution < -0.4 is 10.0 Å². The van der Waals surface area contributed by atoms with Gasteiger partial charge in [0.15, 0.2) is 0 Å². The molecule has 0 unspecified atom stereocenters. The van der Waals surface area contributed by atoms with Crippen molar-refractivity contribution in [3.63, 3.8) is 0 Å². The third-order valence-corrected chi connectivity index (χ3v) is 8.75. The molecule has 5 nitrogen and oxygen atoms in total. The summed E-state index contributed by atoms with van der Waals surface area (Å²) < 4.78 is 28.5. The van der Waals surface area contributed by atoms with Gasteiger partial charge in [0, 0.05) is 21.8 Å². The molecule has 0 aliphatic heterocycles. The molecule has 0 spiro atoms. The second kappa shape index (κ2) is 9.10. The van der Waals surface area contributed by atoms with Gasteiger partial charge in [0.25, 0.3) is 0 Å². The van der Waals surface area contributed by atoms with Crippen LogP contribution in [0.25, 0.3) is 0 Å². The average Bonchev–Trinajstić information content (AvgIpc) is 3.34. The summed E-state index contributed by atoms with van der Waals surface area (Å²) >= 11 is 12.0. The lowest BCUT2D eigenvalue weighted by Gasteiger charge is -2.28.